The number of para-hydroxylation sites is 1. The van der Waals surface area contributed by atoms with E-state index in [0.29, 0.717) is 25.9 Å². The number of hydrogen-bond donors (Lipinski definition) is 1. The first kappa shape index (κ1) is 19.2. The van der Waals surface area contributed by atoms with E-state index < -0.39 is 0 Å². The van der Waals surface area contributed by atoms with Crippen LogP contribution in [0.25, 0.3) is 10.9 Å². The Labute approximate surface area is 170 Å². The molecule has 150 valence electrons. The molecule has 1 amide bonds. The van der Waals surface area contributed by atoms with Crippen LogP contribution in [0.2, 0.25) is 0 Å². The summed E-state index contributed by atoms with van der Waals surface area (Å²) in [5.41, 5.74) is 2.85. The third-order valence-corrected chi connectivity index (χ3v) is 5.83. The highest BCUT2D eigenvalue weighted by Crippen LogP contribution is 2.26. The predicted octanol–water partition coefficient (Wildman–Crippen LogP) is 4.23. The fourth-order valence-corrected chi connectivity index (χ4v) is 4.12. The molecule has 0 aliphatic carbocycles. The standard InChI is InChI=1S/C24H26N2O3/c1-29-19-6-4-5-17(15-19)9-10-23(27)26-13-11-18(12-14-26)24(28)21-16-25-22-8-3-2-7-20(21)22/h2-8,15-16,18,25H,9-14H2,1H3. The van der Waals surface area contributed by atoms with Gasteiger partial charge in [0, 0.05) is 48.1 Å². The zero-order valence-corrected chi connectivity index (χ0v) is 16.7. The van der Waals surface area contributed by atoms with Gasteiger partial charge in [-0.1, -0.05) is 30.3 Å². The van der Waals surface area contributed by atoms with Crippen LogP contribution in [0, 0.1) is 5.92 Å². The molecule has 0 bridgehead atoms. The number of ether oxygens (including phenoxy) is 1. The Hall–Kier alpha value is -3.08. The Bertz CT molecular complexity index is 1020. The minimum Gasteiger partial charge on any atom is -0.497 e. The number of likely N-dealkylation sites (tertiary alicyclic amines) is 1. The van der Waals surface area contributed by atoms with Crippen molar-refractivity contribution in [3.05, 3.63) is 65.9 Å². The molecule has 1 aliphatic rings. The van der Waals surface area contributed by atoms with Gasteiger partial charge in [-0.05, 0) is 43.0 Å². The molecule has 0 unspecified atom stereocenters. The van der Waals surface area contributed by atoms with Gasteiger partial charge in [0.05, 0.1) is 7.11 Å². The third kappa shape index (κ3) is 4.19. The van der Waals surface area contributed by atoms with Gasteiger partial charge >= 0.3 is 0 Å². The van der Waals surface area contributed by atoms with Gasteiger partial charge < -0.3 is 14.6 Å². The van der Waals surface area contributed by atoms with Crippen LogP contribution in [-0.4, -0.2) is 41.8 Å². The third-order valence-electron chi connectivity index (χ3n) is 5.83. The molecular formula is C24H26N2O3. The van der Waals surface area contributed by atoms with Gasteiger partial charge in [-0.2, -0.15) is 0 Å². The average molecular weight is 390 g/mol. The number of ketones is 1. The van der Waals surface area contributed by atoms with E-state index in [4.69, 9.17) is 4.74 Å². The van der Waals surface area contributed by atoms with Gasteiger partial charge in [-0.25, -0.2) is 0 Å². The molecule has 0 saturated carbocycles. The molecule has 1 saturated heterocycles. The fourth-order valence-electron chi connectivity index (χ4n) is 4.12. The molecule has 5 heteroatoms. The van der Waals surface area contributed by atoms with E-state index in [0.717, 1.165) is 40.6 Å². The summed E-state index contributed by atoms with van der Waals surface area (Å²) < 4.78 is 5.24. The molecule has 1 fully saturated rings. The summed E-state index contributed by atoms with van der Waals surface area (Å²) in [5.74, 6) is 1.14. The Morgan fingerprint density at radius 2 is 1.90 bits per heavy atom. The normalized spacial score (nSPS) is 14.9. The first-order valence-corrected chi connectivity index (χ1v) is 10.2. The van der Waals surface area contributed by atoms with Crippen molar-refractivity contribution in [2.24, 2.45) is 5.92 Å². The second-order valence-corrected chi connectivity index (χ2v) is 7.62. The maximum absolute atomic E-state index is 13.0. The van der Waals surface area contributed by atoms with E-state index in [9.17, 15) is 9.59 Å². The quantitative estimate of drug-likeness (QED) is 0.641. The van der Waals surface area contributed by atoms with Crippen LogP contribution in [0.1, 0.15) is 35.2 Å². The van der Waals surface area contributed by atoms with Gasteiger partial charge in [0.1, 0.15) is 5.75 Å². The molecule has 0 spiro atoms. The fraction of sp³-hybridized carbons (Fsp3) is 0.333. The molecule has 0 radical (unpaired) electrons. The van der Waals surface area contributed by atoms with Crippen molar-refractivity contribution in [3.8, 4) is 5.75 Å². The lowest BCUT2D eigenvalue weighted by Gasteiger charge is -2.31. The largest absolute Gasteiger partial charge is 0.497 e. The second kappa shape index (κ2) is 8.52. The van der Waals surface area contributed by atoms with Crippen LogP contribution >= 0.6 is 0 Å². The van der Waals surface area contributed by atoms with E-state index in [1.54, 1.807) is 7.11 Å². The number of Topliss-reactive ketones (excluding diaryl/α,β-unsaturated/α-hetero) is 1. The highest BCUT2D eigenvalue weighted by Gasteiger charge is 2.28. The number of carbonyl (C=O) groups excluding carboxylic acids is 2. The lowest BCUT2D eigenvalue weighted by molar-refractivity contribution is -0.132. The molecule has 29 heavy (non-hydrogen) atoms. The van der Waals surface area contributed by atoms with Gasteiger partial charge in [0.2, 0.25) is 5.91 Å². The number of aromatic nitrogens is 1. The number of methoxy groups -OCH3 is 1. The van der Waals surface area contributed by atoms with Gasteiger partial charge in [-0.15, -0.1) is 0 Å². The van der Waals surface area contributed by atoms with Crippen LogP contribution in [0.5, 0.6) is 5.75 Å². The van der Waals surface area contributed by atoms with Crippen molar-refractivity contribution in [3.63, 3.8) is 0 Å². The molecular weight excluding hydrogens is 364 g/mol. The summed E-state index contributed by atoms with van der Waals surface area (Å²) in [6.07, 6.45) is 4.45. The Kier molecular flexibility index (Phi) is 5.65. The Morgan fingerprint density at radius 1 is 1.10 bits per heavy atom. The number of H-pyrrole nitrogens is 1. The maximum atomic E-state index is 13.0. The van der Waals surface area contributed by atoms with Crippen molar-refractivity contribution in [2.75, 3.05) is 20.2 Å². The number of rotatable bonds is 6. The summed E-state index contributed by atoms with van der Waals surface area (Å²) in [6.45, 7) is 1.30. The molecule has 1 N–H and O–H groups in total. The van der Waals surface area contributed by atoms with Gasteiger partial charge in [-0.3, -0.25) is 9.59 Å². The smallest absolute Gasteiger partial charge is 0.222 e. The topological polar surface area (TPSA) is 62.4 Å². The number of nitrogens with zero attached hydrogens (tertiary/aromatic N) is 1. The van der Waals surface area contributed by atoms with E-state index in [-0.39, 0.29) is 17.6 Å². The van der Waals surface area contributed by atoms with E-state index >= 15 is 0 Å². The van der Waals surface area contributed by atoms with Crippen LogP contribution in [-0.2, 0) is 11.2 Å². The van der Waals surface area contributed by atoms with Crippen molar-refractivity contribution < 1.29 is 14.3 Å². The minimum atomic E-state index is -0.0170. The zero-order chi connectivity index (χ0) is 20.2. The number of hydrogen-bond acceptors (Lipinski definition) is 3. The SMILES string of the molecule is COc1cccc(CCC(=O)N2CCC(C(=O)c3c[nH]c4ccccc34)CC2)c1. The van der Waals surface area contributed by atoms with Crippen LogP contribution in [0.3, 0.4) is 0 Å². The zero-order valence-electron chi connectivity index (χ0n) is 16.7. The first-order chi connectivity index (χ1) is 14.2. The summed E-state index contributed by atoms with van der Waals surface area (Å²) in [5, 5.41) is 0.981. The number of aryl methyl sites for hydroxylation is 1. The van der Waals surface area contributed by atoms with E-state index in [2.05, 4.69) is 4.98 Å². The summed E-state index contributed by atoms with van der Waals surface area (Å²) in [6, 6.07) is 15.7. The molecule has 5 nitrogen and oxygen atoms in total. The Morgan fingerprint density at radius 3 is 2.69 bits per heavy atom. The van der Waals surface area contributed by atoms with Gasteiger partial charge in [0.25, 0.3) is 0 Å². The maximum Gasteiger partial charge on any atom is 0.222 e. The average Bonchev–Trinajstić information content (AvgIpc) is 3.21. The number of nitrogens with one attached hydrogen (secondary N) is 1. The molecule has 1 aliphatic heterocycles. The van der Waals surface area contributed by atoms with Crippen molar-refractivity contribution >= 4 is 22.6 Å². The van der Waals surface area contributed by atoms with Crippen molar-refractivity contribution in [2.45, 2.75) is 25.7 Å². The number of benzene rings is 2. The van der Waals surface area contributed by atoms with Gasteiger partial charge in [0.15, 0.2) is 5.78 Å². The van der Waals surface area contributed by atoms with E-state index in [1.807, 2.05) is 59.6 Å². The lowest BCUT2D eigenvalue weighted by atomic mass is 9.88. The molecule has 3 aromatic rings. The molecule has 2 heterocycles. The molecule has 2 aromatic carbocycles. The summed E-state index contributed by atoms with van der Waals surface area (Å²) in [4.78, 5) is 30.7. The first-order valence-electron chi connectivity index (χ1n) is 10.2. The number of aromatic amines is 1. The lowest BCUT2D eigenvalue weighted by Crippen LogP contribution is -2.40. The number of piperidine rings is 1. The molecule has 4 rings (SSSR count). The second-order valence-electron chi connectivity index (χ2n) is 7.62. The number of carbonyl (C=O) groups is 2. The van der Waals surface area contributed by atoms with Crippen LogP contribution in [0.15, 0.2) is 54.7 Å². The highest BCUT2D eigenvalue weighted by atomic mass is 16.5. The summed E-state index contributed by atoms with van der Waals surface area (Å²) in [7, 11) is 1.64. The predicted molar refractivity (Wildman–Crippen MR) is 113 cm³/mol. The highest BCUT2D eigenvalue weighted by molar-refractivity contribution is 6.08. The van der Waals surface area contributed by atoms with E-state index in [1.165, 1.54) is 0 Å². The minimum absolute atomic E-state index is 0.0170. The summed E-state index contributed by atoms with van der Waals surface area (Å²) >= 11 is 0. The van der Waals surface area contributed by atoms with Crippen LogP contribution in [0.4, 0.5) is 0 Å². The molecule has 1 aromatic heterocycles. The van der Waals surface area contributed by atoms with Crippen molar-refractivity contribution in [1.29, 1.82) is 0 Å². The van der Waals surface area contributed by atoms with Crippen LogP contribution < -0.4 is 4.74 Å². The monoisotopic (exact) mass is 390 g/mol. The Balaban J connectivity index is 1.31. The number of amides is 1. The molecule has 0 atom stereocenters. The van der Waals surface area contributed by atoms with Crippen molar-refractivity contribution in [1.82, 2.24) is 9.88 Å². The number of fused-ring (bicyclic) bond motifs is 1.